The molecule has 5 aromatic carbocycles. The topological polar surface area (TPSA) is 41.9 Å². The van der Waals surface area contributed by atoms with E-state index in [4.69, 9.17) is 9.41 Å². The van der Waals surface area contributed by atoms with Gasteiger partial charge < -0.3 is 9.73 Å². The van der Waals surface area contributed by atoms with Crippen LogP contribution in [-0.2, 0) is 0 Å². The number of para-hydroxylation sites is 1. The van der Waals surface area contributed by atoms with Gasteiger partial charge in [-0.2, -0.15) is 0 Å². The molecule has 200 valence electrons. The Morgan fingerprint density at radius 3 is 2.47 bits per heavy atom. The molecule has 1 unspecified atom stereocenters. The molecule has 0 spiro atoms. The number of aromatic nitrogens is 1. The molecule has 0 fully saturated rings. The fraction of sp³-hybridized carbons (Fsp3) is 0.0263. The molecule has 0 bridgehead atoms. The molecule has 5 heteroatoms. The quantitative estimate of drug-likeness (QED) is 0.214. The number of anilines is 1. The van der Waals surface area contributed by atoms with Crippen molar-refractivity contribution >= 4 is 97.9 Å². The Morgan fingerprint density at radius 2 is 1.51 bits per heavy atom. The summed E-state index contributed by atoms with van der Waals surface area (Å²) in [5, 5.41) is 12.6. The summed E-state index contributed by atoms with van der Waals surface area (Å²) in [7, 11) is 0. The van der Waals surface area contributed by atoms with Crippen molar-refractivity contribution in [3.8, 4) is 11.1 Å². The number of nitrogens with zero attached hydrogens (tertiary/aromatic N) is 2. The second-order valence-corrected chi connectivity index (χ2v) is 12.7. The molecule has 5 heterocycles. The SMILES string of the molecule is C1=CC2=Nc3c(n4c5ccc(-c6ccc7oc8ccccc8c7c6)cc5c5c6c(cc3c54)sc3ccccc36)NC2C=C1. The highest BCUT2D eigenvalue weighted by molar-refractivity contribution is 7.26. The second kappa shape index (κ2) is 7.71. The Kier molecular flexibility index (Phi) is 3.99. The van der Waals surface area contributed by atoms with Crippen LogP contribution < -0.4 is 5.32 Å². The molecule has 43 heavy (non-hydrogen) atoms. The average Bonchev–Trinajstić information content (AvgIpc) is 3.79. The van der Waals surface area contributed by atoms with Crippen LogP contribution in [0.15, 0.2) is 125 Å². The first kappa shape index (κ1) is 22.2. The molecule has 4 nitrogen and oxygen atoms in total. The molecule has 4 aromatic heterocycles. The number of furan rings is 1. The van der Waals surface area contributed by atoms with Crippen molar-refractivity contribution in [2.45, 2.75) is 6.04 Å². The van der Waals surface area contributed by atoms with Gasteiger partial charge in [-0.15, -0.1) is 11.3 Å². The van der Waals surface area contributed by atoms with Crippen molar-refractivity contribution < 1.29 is 4.42 Å². The van der Waals surface area contributed by atoms with Crippen molar-refractivity contribution in [3.05, 3.63) is 115 Å². The lowest BCUT2D eigenvalue weighted by molar-refractivity contribution is 0.669. The van der Waals surface area contributed by atoms with Gasteiger partial charge in [0.1, 0.15) is 22.7 Å². The molecule has 9 aromatic rings. The van der Waals surface area contributed by atoms with Crippen LogP contribution in [0.3, 0.4) is 0 Å². The lowest BCUT2D eigenvalue weighted by Gasteiger charge is -2.23. The molecule has 11 rings (SSSR count). The minimum Gasteiger partial charge on any atom is -0.456 e. The summed E-state index contributed by atoms with van der Waals surface area (Å²) in [5.41, 5.74) is 8.76. The standard InChI is InChI=1S/C38H21N3OS/c1-5-11-30-22(7-1)24-17-21(14-16-31(24)42-30)20-13-15-29-25(18-20)35-34-23-8-2-6-12-32(23)43-33(34)19-26-36-38(41(29)37(26)35)40-28-10-4-3-9-27(28)39-36/h1-19,28,40H. The summed E-state index contributed by atoms with van der Waals surface area (Å²) in [6.07, 6.45) is 8.48. The van der Waals surface area contributed by atoms with E-state index >= 15 is 0 Å². The van der Waals surface area contributed by atoms with E-state index in [1.54, 1.807) is 0 Å². The van der Waals surface area contributed by atoms with E-state index in [0.717, 1.165) is 39.2 Å². The number of hydrogen-bond donors (Lipinski definition) is 1. The van der Waals surface area contributed by atoms with Crippen LogP contribution in [0.4, 0.5) is 11.5 Å². The van der Waals surface area contributed by atoms with Gasteiger partial charge in [0.2, 0.25) is 0 Å². The molecule has 0 saturated heterocycles. The molecular formula is C38H21N3OS. The van der Waals surface area contributed by atoms with E-state index in [0.29, 0.717) is 0 Å². The Hall–Kier alpha value is -5.39. The van der Waals surface area contributed by atoms with Crippen LogP contribution in [-0.4, -0.2) is 16.2 Å². The largest absolute Gasteiger partial charge is 0.456 e. The van der Waals surface area contributed by atoms with Crippen LogP contribution in [0.1, 0.15) is 0 Å². The van der Waals surface area contributed by atoms with E-state index in [1.165, 1.54) is 58.5 Å². The van der Waals surface area contributed by atoms with E-state index in [2.05, 4.69) is 113 Å². The van der Waals surface area contributed by atoms with Gasteiger partial charge in [-0.25, -0.2) is 4.99 Å². The fourth-order valence-electron chi connectivity index (χ4n) is 7.44. The Balaban J connectivity index is 1.27. The number of fused-ring (bicyclic) bond motifs is 14. The second-order valence-electron chi connectivity index (χ2n) is 11.6. The maximum Gasteiger partial charge on any atom is 0.138 e. The highest BCUT2D eigenvalue weighted by Crippen LogP contribution is 2.52. The van der Waals surface area contributed by atoms with Crippen molar-refractivity contribution in [2.24, 2.45) is 4.99 Å². The number of benzene rings is 5. The van der Waals surface area contributed by atoms with Gasteiger partial charge >= 0.3 is 0 Å². The fourth-order valence-corrected chi connectivity index (χ4v) is 8.59. The van der Waals surface area contributed by atoms with Gasteiger partial charge in [0.05, 0.1) is 22.8 Å². The number of allylic oxidation sites excluding steroid dienone is 2. The number of rotatable bonds is 1. The number of thiophene rings is 1. The maximum atomic E-state index is 6.13. The summed E-state index contributed by atoms with van der Waals surface area (Å²) < 4.78 is 11.2. The highest BCUT2D eigenvalue weighted by Gasteiger charge is 2.30. The predicted molar refractivity (Wildman–Crippen MR) is 182 cm³/mol. The lowest BCUT2D eigenvalue weighted by atomic mass is 9.98. The van der Waals surface area contributed by atoms with E-state index < -0.39 is 0 Å². The van der Waals surface area contributed by atoms with Crippen LogP contribution >= 0.6 is 11.3 Å². The number of hydrogen-bond acceptors (Lipinski definition) is 4. The monoisotopic (exact) mass is 567 g/mol. The van der Waals surface area contributed by atoms with Gasteiger partial charge in [0.15, 0.2) is 0 Å². The average molecular weight is 568 g/mol. The highest BCUT2D eigenvalue weighted by atomic mass is 32.1. The first-order chi connectivity index (χ1) is 21.3. The summed E-state index contributed by atoms with van der Waals surface area (Å²) in [6, 6.07) is 33.0. The van der Waals surface area contributed by atoms with Crippen molar-refractivity contribution in [1.82, 2.24) is 4.40 Å². The molecule has 1 N–H and O–H groups in total. The normalized spacial score (nSPS) is 16.3. The third-order valence-electron chi connectivity index (χ3n) is 9.32. The van der Waals surface area contributed by atoms with Gasteiger partial charge in [-0.3, -0.25) is 4.40 Å². The molecule has 2 aliphatic rings. The minimum absolute atomic E-state index is 0.0725. The van der Waals surface area contributed by atoms with E-state index in [-0.39, 0.29) is 6.04 Å². The molecule has 0 radical (unpaired) electrons. The Morgan fingerprint density at radius 1 is 0.698 bits per heavy atom. The molecule has 1 aliphatic carbocycles. The first-order valence-electron chi connectivity index (χ1n) is 14.6. The van der Waals surface area contributed by atoms with Crippen molar-refractivity contribution in [1.29, 1.82) is 0 Å². The van der Waals surface area contributed by atoms with Gasteiger partial charge in [-0.1, -0.05) is 66.8 Å². The predicted octanol–water partition coefficient (Wildman–Crippen LogP) is 10.6. The number of aliphatic imine (C=N–C) groups is 1. The zero-order chi connectivity index (χ0) is 27.8. The Bertz CT molecular complexity index is 2770. The van der Waals surface area contributed by atoms with E-state index in [9.17, 15) is 0 Å². The summed E-state index contributed by atoms with van der Waals surface area (Å²) in [6.45, 7) is 0. The van der Waals surface area contributed by atoms with Gasteiger partial charge in [0, 0.05) is 47.1 Å². The molecular weight excluding hydrogens is 547 g/mol. The van der Waals surface area contributed by atoms with Crippen LogP contribution in [0, 0.1) is 0 Å². The third-order valence-corrected chi connectivity index (χ3v) is 10.4. The molecule has 1 aliphatic heterocycles. The maximum absolute atomic E-state index is 6.13. The van der Waals surface area contributed by atoms with Crippen LogP contribution in [0.25, 0.3) is 80.4 Å². The summed E-state index contributed by atoms with van der Waals surface area (Å²) >= 11 is 1.87. The first-order valence-corrected chi connectivity index (χ1v) is 15.4. The molecule has 0 saturated carbocycles. The van der Waals surface area contributed by atoms with Crippen molar-refractivity contribution in [2.75, 3.05) is 5.32 Å². The van der Waals surface area contributed by atoms with Crippen LogP contribution in [0.2, 0.25) is 0 Å². The molecule has 0 amide bonds. The van der Waals surface area contributed by atoms with Crippen molar-refractivity contribution in [3.63, 3.8) is 0 Å². The van der Waals surface area contributed by atoms with Gasteiger partial charge in [0.25, 0.3) is 0 Å². The summed E-state index contributed by atoms with van der Waals surface area (Å²) in [4.78, 5) is 5.23. The third kappa shape index (κ3) is 2.78. The zero-order valence-corrected chi connectivity index (χ0v) is 23.6. The minimum atomic E-state index is 0.0725. The Labute approximate surface area is 248 Å². The summed E-state index contributed by atoms with van der Waals surface area (Å²) in [5.74, 6) is 1.07. The van der Waals surface area contributed by atoms with E-state index in [1.807, 2.05) is 23.5 Å². The van der Waals surface area contributed by atoms with Crippen LogP contribution in [0.5, 0.6) is 0 Å². The zero-order valence-electron chi connectivity index (χ0n) is 22.8. The number of nitrogens with one attached hydrogen (secondary N) is 1. The smallest absolute Gasteiger partial charge is 0.138 e. The lowest BCUT2D eigenvalue weighted by Crippen LogP contribution is -2.30. The molecule has 1 atom stereocenters. The van der Waals surface area contributed by atoms with Gasteiger partial charge in [-0.05, 0) is 59.7 Å².